The third-order valence-electron chi connectivity index (χ3n) is 5.11. The molecular weight excluding hydrogens is 382 g/mol. The lowest BCUT2D eigenvalue weighted by atomic mass is 10.1. The SMILES string of the molecule is Cc1ccccc1CN1CCCn2nc(C(=O)N[C@H](C)C(=O)NC(C)C)cc2C1=O. The van der Waals surface area contributed by atoms with Crippen molar-refractivity contribution in [1.29, 1.82) is 0 Å². The maximum Gasteiger partial charge on any atom is 0.272 e. The summed E-state index contributed by atoms with van der Waals surface area (Å²) in [6, 6.07) is 8.79. The molecule has 160 valence electrons. The number of aryl methyl sites for hydroxylation is 2. The Morgan fingerprint density at radius 3 is 2.57 bits per heavy atom. The van der Waals surface area contributed by atoms with Crippen LogP contribution in [0.25, 0.3) is 0 Å². The number of hydrogen-bond acceptors (Lipinski definition) is 4. The van der Waals surface area contributed by atoms with E-state index in [1.54, 1.807) is 16.5 Å². The van der Waals surface area contributed by atoms with Crippen LogP contribution in [0.1, 0.15) is 59.3 Å². The van der Waals surface area contributed by atoms with Crippen LogP contribution in [0.4, 0.5) is 0 Å². The zero-order valence-electron chi connectivity index (χ0n) is 17.9. The van der Waals surface area contributed by atoms with Crippen molar-refractivity contribution in [1.82, 2.24) is 25.3 Å². The number of rotatable bonds is 6. The van der Waals surface area contributed by atoms with Gasteiger partial charge >= 0.3 is 0 Å². The van der Waals surface area contributed by atoms with Gasteiger partial charge in [0.25, 0.3) is 11.8 Å². The highest BCUT2D eigenvalue weighted by Crippen LogP contribution is 2.18. The highest BCUT2D eigenvalue weighted by molar-refractivity contribution is 5.99. The normalized spacial score (nSPS) is 14.8. The van der Waals surface area contributed by atoms with Gasteiger partial charge in [0.05, 0.1) is 0 Å². The van der Waals surface area contributed by atoms with Crippen LogP contribution in [0.2, 0.25) is 0 Å². The van der Waals surface area contributed by atoms with Gasteiger partial charge in [0.15, 0.2) is 5.69 Å². The predicted molar refractivity (Wildman–Crippen MR) is 113 cm³/mol. The average Bonchev–Trinajstić information content (AvgIpc) is 3.06. The molecule has 8 nitrogen and oxygen atoms in total. The highest BCUT2D eigenvalue weighted by Gasteiger charge is 2.27. The largest absolute Gasteiger partial charge is 0.352 e. The number of nitrogens with zero attached hydrogens (tertiary/aromatic N) is 3. The molecule has 0 radical (unpaired) electrons. The van der Waals surface area contributed by atoms with Gasteiger partial charge in [0.1, 0.15) is 11.7 Å². The Bertz CT molecular complexity index is 950. The van der Waals surface area contributed by atoms with Crippen molar-refractivity contribution in [2.24, 2.45) is 0 Å². The van der Waals surface area contributed by atoms with Crippen molar-refractivity contribution in [3.8, 4) is 0 Å². The van der Waals surface area contributed by atoms with Crippen molar-refractivity contribution >= 4 is 17.7 Å². The van der Waals surface area contributed by atoms with Gasteiger partial charge in [-0.25, -0.2) is 0 Å². The van der Waals surface area contributed by atoms with E-state index in [9.17, 15) is 14.4 Å². The molecule has 0 fully saturated rings. The lowest BCUT2D eigenvalue weighted by molar-refractivity contribution is -0.123. The number of carbonyl (C=O) groups excluding carboxylic acids is 3. The average molecular weight is 412 g/mol. The molecule has 0 aliphatic carbocycles. The number of benzene rings is 1. The quantitative estimate of drug-likeness (QED) is 0.759. The van der Waals surface area contributed by atoms with Gasteiger partial charge in [-0.15, -0.1) is 0 Å². The molecule has 2 aromatic rings. The van der Waals surface area contributed by atoms with Gasteiger partial charge in [-0.3, -0.25) is 19.1 Å². The summed E-state index contributed by atoms with van der Waals surface area (Å²) >= 11 is 0. The monoisotopic (exact) mass is 411 g/mol. The molecule has 3 rings (SSSR count). The number of fused-ring (bicyclic) bond motifs is 1. The first-order valence-electron chi connectivity index (χ1n) is 10.3. The molecule has 1 atom stereocenters. The zero-order valence-corrected chi connectivity index (χ0v) is 17.9. The third kappa shape index (κ3) is 4.87. The van der Waals surface area contributed by atoms with Gasteiger partial charge in [0.2, 0.25) is 5.91 Å². The summed E-state index contributed by atoms with van der Waals surface area (Å²) < 4.78 is 1.59. The Morgan fingerprint density at radius 1 is 1.13 bits per heavy atom. The van der Waals surface area contributed by atoms with Crippen LogP contribution in [-0.2, 0) is 17.9 Å². The van der Waals surface area contributed by atoms with Crippen LogP contribution < -0.4 is 10.6 Å². The molecule has 1 aromatic carbocycles. The first-order chi connectivity index (χ1) is 14.3. The fraction of sp³-hybridized carbons (Fsp3) is 0.455. The summed E-state index contributed by atoms with van der Waals surface area (Å²) in [6.07, 6.45) is 0.751. The molecule has 1 aliphatic rings. The van der Waals surface area contributed by atoms with Crippen LogP contribution in [0.5, 0.6) is 0 Å². The molecule has 1 aliphatic heterocycles. The Hall–Kier alpha value is -3.16. The minimum absolute atomic E-state index is 0.0163. The van der Waals surface area contributed by atoms with Crippen LogP contribution in [0.15, 0.2) is 30.3 Å². The standard InChI is InChI=1S/C22H29N5O3/c1-14(2)23-20(28)16(4)24-21(29)18-12-19-22(30)26(10-7-11-27(19)25-18)13-17-9-6-5-8-15(17)3/h5-6,8-9,12,14,16H,7,10-11,13H2,1-4H3,(H,23,28)(H,24,29)/t16-/m1/s1. The topological polar surface area (TPSA) is 96.3 Å². The molecule has 3 amide bonds. The van der Waals surface area contributed by atoms with Crippen molar-refractivity contribution < 1.29 is 14.4 Å². The Labute approximate surface area is 176 Å². The second-order valence-electron chi connectivity index (χ2n) is 8.00. The molecule has 0 unspecified atom stereocenters. The number of hydrogen-bond donors (Lipinski definition) is 2. The van der Waals surface area contributed by atoms with Crippen molar-refractivity contribution in [3.63, 3.8) is 0 Å². The number of nitrogens with one attached hydrogen (secondary N) is 2. The molecular formula is C22H29N5O3. The Balaban J connectivity index is 1.73. The third-order valence-corrected chi connectivity index (χ3v) is 5.11. The molecule has 2 heterocycles. The second-order valence-corrected chi connectivity index (χ2v) is 8.00. The molecule has 0 bridgehead atoms. The minimum Gasteiger partial charge on any atom is -0.352 e. The van der Waals surface area contributed by atoms with Crippen molar-refractivity contribution in [2.75, 3.05) is 6.54 Å². The highest BCUT2D eigenvalue weighted by atomic mass is 16.2. The van der Waals surface area contributed by atoms with E-state index >= 15 is 0 Å². The van der Waals surface area contributed by atoms with Crippen molar-refractivity contribution in [3.05, 3.63) is 52.8 Å². The zero-order chi connectivity index (χ0) is 21.8. The first kappa shape index (κ1) is 21.5. The summed E-state index contributed by atoms with van der Waals surface area (Å²) in [4.78, 5) is 39.5. The smallest absolute Gasteiger partial charge is 0.272 e. The van der Waals surface area contributed by atoms with Gasteiger partial charge in [-0.2, -0.15) is 5.10 Å². The number of carbonyl (C=O) groups is 3. The van der Waals surface area contributed by atoms with E-state index in [0.29, 0.717) is 25.3 Å². The summed E-state index contributed by atoms with van der Waals surface area (Å²) in [5, 5.41) is 9.72. The summed E-state index contributed by atoms with van der Waals surface area (Å²) in [7, 11) is 0. The van der Waals surface area contributed by atoms with Gasteiger partial charge in [-0.05, 0) is 45.2 Å². The molecule has 0 spiro atoms. The Kier molecular flexibility index (Phi) is 6.54. The minimum atomic E-state index is -0.699. The summed E-state index contributed by atoms with van der Waals surface area (Å²) in [6.45, 7) is 9.06. The van der Waals surface area contributed by atoms with Gasteiger partial charge in [-0.1, -0.05) is 24.3 Å². The van der Waals surface area contributed by atoms with Crippen LogP contribution >= 0.6 is 0 Å². The maximum atomic E-state index is 13.1. The van der Waals surface area contributed by atoms with E-state index in [-0.39, 0.29) is 23.6 Å². The Morgan fingerprint density at radius 2 is 1.87 bits per heavy atom. The first-order valence-corrected chi connectivity index (χ1v) is 10.3. The molecule has 30 heavy (non-hydrogen) atoms. The molecule has 1 aromatic heterocycles. The van der Waals surface area contributed by atoms with E-state index in [2.05, 4.69) is 15.7 Å². The van der Waals surface area contributed by atoms with E-state index < -0.39 is 11.9 Å². The lowest BCUT2D eigenvalue weighted by Crippen LogP contribution is -2.46. The summed E-state index contributed by atoms with van der Waals surface area (Å²) in [5.41, 5.74) is 2.77. The second kappa shape index (κ2) is 9.11. The van der Waals surface area contributed by atoms with Crippen LogP contribution in [0, 0.1) is 6.92 Å². The van der Waals surface area contributed by atoms with Crippen molar-refractivity contribution in [2.45, 2.75) is 59.3 Å². The fourth-order valence-electron chi connectivity index (χ4n) is 3.43. The van der Waals surface area contributed by atoms with Crippen LogP contribution in [-0.4, -0.2) is 51.0 Å². The maximum absolute atomic E-state index is 13.1. The van der Waals surface area contributed by atoms with E-state index in [0.717, 1.165) is 17.5 Å². The van der Waals surface area contributed by atoms with E-state index in [1.165, 1.54) is 6.07 Å². The lowest BCUT2D eigenvalue weighted by Gasteiger charge is -2.21. The number of amides is 3. The molecule has 0 saturated heterocycles. The van der Waals surface area contributed by atoms with Gasteiger partial charge in [0, 0.05) is 31.7 Å². The van der Waals surface area contributed by atoms with Gasteiger partial charge < -0.3 is 15.5 Å². The summed E-state index contributed by atoms with van der Waals surface area (Å²) in [5.74, 6) is -0.882. The molecule has 0 saturated carbocycles. The molecule has 2 N–H and O–H groups in total. The van der Waals surface area contributed by atoms with E-state index in [1.807, 2.05) is 45.0 Å². The number of aromatic nitrogens is 2. The van der Waals surface area contributed by atoms with Crippen LogP contribution in [0.3, 0.4) is 0 Å². The molecule has 8 heteroatoms. The van der Waals surface area contributed by atoms with E-state index in [4.69, 9.17) is 0 Å². The fourth-order valence-corrected chi connectivity index (χ4v) is 3.43. The predicted octanol–water partition coefficient (Wildman–Crippen LogP) is 1.88.